The van der Waals surface area contributed by atoms with Crippen LogP contribution in [0.1, 0.15) is 22.8 Å². The Kier molecular flexibility index (Phi) is 2.64. The van der Waals surface area contributed by atoms with E-state index in [1.807, 2.05) is 36.6 Å². The standard InChI is InChI=1S/C12H12ClNO2/c1-3-14-9-6-7(2)4-5-8(9)10(11(14)13)12(15)16/h4-6H,3H2,1-2H3,(H,15,16). The van der Waals surface area contributed by atoms with Crippen molar-refractivity contribution in [2.24, 2.45) is 0 Å². The van der Waals surface area contributed by atoms with Crippen molar-refractivity contribution in [3.05, 3.63) is 34.5 Å². The molecule has 0 atom stereocenters. The highest BCUT2D eigenvalue weighted by atomic mass is 35.5. The number of aromatic carboxylic acids is 1. The zero-order valence-corrected chi connectivity index (χ0v) is 9.88. The molecule has 1 N–H and O–H groups in total. The molecule has 1 aromatic heterocycles. The summed E-state index contributed by atoms with van der Waals surface area (Å²) in [5.74, 6) is -0.981. The molecule has 0 fully saturated rings. The van der Waals surface area contributed by atoms with Gasteiger partial charge in [0.15, 0.2) is 0 Å². The van der Waals surface area contributed by atoms with E-state index < -0.39 is 5.97 Å². The van der Waals surface area contributed by atoms with Crippen molar-refractivity contribution in [2.75, 3.05) is 0 Å². The lowest BCUT2D eigenvalue weighted by Gasteiger charge is -2.02. The molecule has 0 aliphatic heterocycles. The lowest BCUT2D eigenvalue weighted by molar-refractivity contribution is 0.0699. The first-order valence-electron chi connectivity index (χ1n) is 5.08. The number of halogens is 1. The molecule has 2 rings (SSSR count). The minimum absolute atomic E-state index is 0.193. The molecular formula is C12H12ClNO2. The molecule has 84 valence electrons. The molecule has 1 aromatic carbocycles. The molecule has 0 bridgehead atoms. The maximum atomic E-state index is 11.2. The minimum atomic E-state index is -0.981. The van der Waals surface area contributed by atoms with Gasteiger partial charge < -0.3 is 9.67 Å². The van der Waals surface area contributed by atoms with Crippen LogP contribution in [0.25, 0.3) is 10.9 Å². The van der Waals surface area contributed by atoms with Crippen LogP contribution in [0.15, 0.2) is 18.2 Å². The number of carboxylic acid groups (broad SMARTS) is 1. The second-order valence-corrected chi connectivity index (χ2v) is 4.09. The predicted molar refractivity (Wildman–Crippen MR) is 64.3 cm³/mol. The second-order valence-electron chi connectivity index (χ2n) is 3.74. The van der Waals surface area contributed by atoms with Crippen molar-refractivity contribution in [3.63, 3.8) is 0 Å². The number of hydrogen-bond donors (Lipinski definition) is 1. The minimum Gasteiger partial charge on any atom is -0.478 e. The molecular weight excluding hydrogens is 226 g/mol. The molecule has 0 saturated heterocycles. The third-order valence-electron chi connectivity index (χ3n) is 2.69. The smallest absolute Gasteiger partial charge is 0.339 e. The molecule has 0 amide bonds. The van der Waals surface area contributed by atoms with Crippen molar-refractivity contribution in [2.45, 2.75) is 20.4 Å². The molecule has 0 saturated carbocycles. The molecule has 1 heterocycles. The van der Waals surface area contributed by atoms with Crippen molar-refractivity contribution >= 4 is 28.5 Å². The first kappa shape index (κ1) is 11.0. The summed E-state index contributed by atoms with van der Waals surface area (Å²) in [6, 6.07) is 5.66. The summed E-state index contributed by atoms with van der Waals surface area (Å²) in [5.41, 5.74) is 2.16. The lowest BCUT2D eigenvalue weighted by Crippen LogP contribution is -1.98. The summed E-state index contributed by atoms with van der Waals surface area (Å²) in [6.07, 6.45) is 0. The highest BCUT2D eigenvalue weighted by molar-refractivity contribution is 6.35. The lowest BCUT2D eigenvalue weighted by atomic mass is 10.1. The average molecular weight is 238 g/mol. The highest BCUT2D eigenvalue weighted by Gasteiger charge is 2.19. The Balaban J connectivity index is 2.91. The topological polar surface area (TPSA) is 42.2 Å². The van der Waals surface area contributed by atoms with Crippen LogP contribution in [0.5, 0.6) is 0 Å². The molecule has 16 heavy (non-hydrogen) atoms. The Morgan fingerprint density at radius 1 is 1.50 bits per heavy atom. The van der Waals surface area contributed by atoms with Gasteiger partial charge in [0.25, 0.3) is 0 Å². The summed E-state index contributed by atoms with van der Waals surface area (Å²) >= 11 is 6.08. The van der Waals surface area contributed by atoms with Gasteiger partial charge in [-0.15, -0.1) is 0 Å². The third-order valence-corrected chi connectivity index (χ3v) is 3.08. The monoisotopic (exact) mass is 237 g/mol. The molecule has 0 aliphatic rings. The highest BCUT2D eigenvalue weighted by Crippen LogP contribution is 2.30. The van der Waals surface area contributed by atoms with Gasteiger partial charge in [0.05, 0.1) is 5.52 Å². The maximum Gasteiger partial charge on any atom is 0.339 e. The summed E-state index contributed by atoms with van der Waals surface area (Å²) in [6.45, 7) is 4.58. The van der Waals surface area contributed by atoms with Gasteiger partial charge in [0.2, 0.25) is 0 Å². The number of hydrogen-bond acceptors (Lipinski definition) is 1. The van der Waals surface area contributed by atoms with Crippen LogP contribution in [0.3, 0.4) is 0 Å². The number of nitrogens with zero attached hydrogens (tertiary/aromatic N) is 1. The van der Waals surface area contributed by atoms with Crippen LogP contribution in [0.2, 0.25) is 5.15 Å². The van der Waals surface area contributed by atoms with E-state index in [-0.39, 0.29) is 5.56 Å². The van der Waals surface area contributed by atoms with E-state index in [1.54, 1.807) is 0 Å². The molecule has 0 spiro atoms. The van der Waals surface area contributed by atoms with Crippen molar-refractivity contribution in [3.8, 4) is 0 Å². The van der Waals surface area contributed by atoms with E-state index in [0.717, 1.165) is 11.1 Å². The van der Waals surface area contributed by atoms with Gasteiger partial charge in [-0.2, -0.15) is 0 Å². The van der Waals surface area contributed by atoms with E-state index in [9.17, 15) is 4.79 Å². The normalized spacial score (nSPS) is 10.9. The van der Waals surface area contributed by atoms with E-state index in [1.165, 1.54) is 0 Å². The fourth-order valence-corrected chi connectivity index (χ4v) is 2.33. The molecule has 0 unspecified atom stereocenters. The Morgan fingerprint density at radius 3 is 2.75 bits per heavy atom. The van der Waals surface area contributed by atoms with Crippen LogP contribution >= 0.6 is 11.6 Å². The molecule has 2 aromatic rings. The molecule has 0 radical (unpaired) electrons. The van der Waals surface area contributed by atoms with Gasteiger partial charge in [-0.05, 0) is 25.5 Å². The molecule has 3 nitrogen and oxygen atoms in total. The van der Waals surface area contributed by atoms with Crippen LogP contribution < -0.4 is 0 Å². The number of rotatable bonds is 2. The SMILES string of the molecule is CCn1c(Cl)c(C(=O)O)c2ccc(C)cc21. The number of carbonyl (C=O) groups is 1. The second kappa shape index (κ2) is 3.83. The number of fused-ring (bicyclic) bond motifs is 1. The molecule has 0 aliphatic carbocycles. The van der Waals surface area contributed by atoms with Gasteiger partial charge >= 0.3 is 5.97 Å². The Morgan fingerprint density at radius 2 is 2.19 bits per heavy atom. The third kappa shape index (κ3) is 1.48. The van der Waals surface area contributed by atoms with E-state index in [4.69, 9.17) is 16.7 Å². The summed E-state index contributed by atoms with van der Waals surface area (Å²) in [7, 11) is 0. The van der Waals surface area contributed by atoms with Gasteiger partial charge in [-0.25, -0.2) is 4.79 Å². The number of carboxylic acids is 1. The van der Waals surface area contributed by atoms with Crippen molar-refractivity contribution in [1.29, 1.82) is 0 Å². The van der Waals surface area contributed by atoms with Crippen LogP contribution in [0.4, 0.5) is 0 Å². The van der Waals surface area contributed by atoms with Crippen LogP contribution in [0, 0.1) is 6.92 Å². The fourth-order valence-electron chi connectivity index (χ4n) is 1.94. The fraction of sp³-hybridized carbons (Fsp3) is 0.250. The van der Waals surface area contributed by atoms with Crippen molar-refractivity contribution < 1.29 is 9.90 Å². The average Bonchev–Trinajstić information content (AvgIpc) is 2.49. The number of aryl methyl sites for hydroxylation is 2. The largest absolute Gasteiger partial charge is 0.478 e. The quantitative estimate of drug-likeness (QED) is 0.871. The zero-order valence-electron chi connectivity index (χ0n) is 9.12. The predicted octanol–water partition coefficient (Wildman–Crippen LogP) is 3.32. The van der Waals surface area contributed by atoms with Gasteiger partial charge in [-0.1, -0.05) is 23.7 Å². The van der Waals surface area contributed by atoms with Crippen LogP contribution in [-0.2, 0) is 6.54 Å². The summed E-state index contributed by atoms with van der Waals surface area (Å²) < 4.78 is 1.81. The Bertz CT molecular complexity index is 572. The Labute approximate surface area is 98.3 Å². The van der Waals surface area contributed by atoms with Crippen LogP contribution in [-0.4, -0.2) is 15.6 Å². The van der Waals surface area contributed by atoms with Gasteiger partial charge in [0, 0.05) is 11.9 Å². The van der Waals surface area contributed by atoms with E-state index in [2.05, 4.69) is 0 Å². The molecule has 4 heteroatoms. The summed E-state index contributed by atoms with van der Waals surface area (Å²) in [5, 5.41) is 10.1. The first-order chi connectivity index (χ1) is 7.56. The van der Waals surface area contributed by atoms with E-state index in [0.29, 0.717) is 17.1 Å². The first-order valence-corrected chi connectivity index (χ1v) is 5.45. The summed E-state index contributed by atoms with van der Waals surface area (Å²) in [4.78, 5) is 11.2. The maximum absolute atomic E-state index is 11.2. The van der Waals surface area contributed by atoms with Gasteiger partial charge in [0.1, 0.15) is 10.7 Å². The zero-order chi connectivity index (χ0) is 11.9. The Hall–Kier alpha value is -1.48. The number of benzene rings is 1. The van der Waals surface area contributed by atoms with E-state index >= 15 is 0 Å². The van der Waals surface area contributed by atoms with Gasteiger partial charge in [-0.3, -0.25) is 0 Å². The number of aromatic nitrogens is 1. The van der Waals surface area contributed by atoms with Crippen molar-refractivity contribution in [1.82, 2.24) is 4.57 Å².